The van der Waals surface area contributed by atoms with Crippen molar-refractivity contribution in [1.29, 1.82) is 0 Å². The third-order valence-electron chi connectivity index (χ3n) is 2.93. The van der Waals surface area contributed by atoms with E-state index in [2.05, 4.69) is 10.3 Å². The maximum Gasteiger partial charge on any atom is 0.229 e. The zero-order chi connectivity index (χ0) is 15.4. The van der Waals surface area contributed by atoms with Gasteiger partial charge in [-0.2, -0.15) is 0 Å². The molecule has 0 aliphatic heterocycles. The molecule has 1 aromatic carbocycles. The molecule has 112 valence electrons. The van der Waals surface area contributed by atoms with E-state index in [1.165, 1.54) is 11.3 Å². The number of hydrogen-bond donors (Lipinski definition) is 2. The third-order valence-corrected chi connectivity index (χ3v) is 4.26. The second kappa shape index (κ2) is 6.73. The molecule has 0 aliphatic carbocycles. The van der Waals surface area contributed by atoms with Gasteiger partial charge in [0, 0.05) is 16.6 Å². The van der Waals surface area contributed by atoms with Gasteiger partial charge in [0.1, 0.15) is 11.5 Å². The van der Waals surface area contributed by atoms with Gasteiger partial charge in [-0.05, 0) is 31.3 Å². The second-order valence-corrected chi connectivity index (χ2v) is 6.13. The molecule has 7 heteroatoms. The van der Waals surface area contributed by atoms with E-state index in [1.54, 1.807) is 32.4 Å². The summed E-state index contributed by atoms with van der Waals surface area (Å²) >= 11 is 6.48. The van der Waals surface area contributed by atoms with Crippen molar-refractivity contribution in [3.05, 3.63) is 32.7 Å². The van der Waals surface area contributed by atoms with E-state index in [4.69, 9.17) is 21.7 Å². The van der Waals surface area contributed by atoms with E-state index in [9.17, 15) is 4.79 Å². The summed E-state index contributed by atoms with van der Waals surface area (Å²) in [4.78, 5) is 16.1. The van der Waals surface area contributed by atoms with Gasteiger partial charge >= 0.3 is 0 Å². The molecule has 0 atom stereocenters. The summed E-state index contributed by atoms with van der Waals surface area (Å²) in [5.41, 5.74) is 1.51. The Labute approximate surface area is 131 Å². The summed E-state index contributed by atoms with van der Waals surface area (Å²) in [5, 5.41) is 2.84. The summed E-state index contributed by atoms with van der Waals surface area (Å²) in [5.74, 6) is 1.11. The SMILES string of the molecule is COc1ccc(OC)c(NC(=O)Cc2sc(=S)[nH]c2C)c1. The maximum absolute atomic E-state index is 12.2. The van der Waals surface area contributed by atoms with E-state index in [-0.39, 0.29) is 12.3 Å². The van der Waals surface area contributed by atoms with Gasteiger partial charge in [0.25, 0.3) is 0 Å². The molecule has 5 nitrogen and oxygen atoms in total. The number of rotatable bonds is 5. The van der Waals surface area contributed by atoms with Crippen LogP contribution in [0.25, 0.3) is 0 Å². The first-order valence-electron chi connectivity index (χ1n) is 6.24. The normalized spacial score (nSPS) is 10.2. The van der Waals surface area contributed by atoms with Gasteiger partial charge in [-0.1, -0.05) is 0 Å². The lowest BCUT2D eigenvalue weighted by molar-refractivity contribution is -0.115. The van der Waals surface area contributed by atoms with Crippen LogP contribution < -0.4 is 14.8 Å². The minimum atomic E-state index is -0.130. The highest BCUT2D eigenvalue weighted by molar-refractivity contribution is 7.73. The monoisotopic (exact) mass is 324 g/mol. The van der Waals surface area contributed by atoms with Crippen LogP contribution in [0.4, 0.5) is 5.69 Å². The highest BCUT2D eigenvalue weighted by atomic mass is 32.1. The number of aryl methyl sites for hydroxylation is 1. The number of anilines is 1. The Bertz CT molecular complexity index is 706. The van der Waals surface area contributed by atoms with Crippen molar-refractivity contribution in [2.45, 2.75) is 13.3 Å². The molecule has 0 bridgehead atoms. The summed E-state index contributed by atoms with van der Waals surface area (Å²) < 4.78 is 11.1. The number of carbonyl (C=O) groups is 1. The minimum absolute atomic E-state index is 0.130. The van der Waals surface area contributed by atoms with Crippen LogP contribution in [0.15, 0.2) is 18.2 Å². The summed E-state index contributed by atoms with van der Waals surface area (Å²) in [6.07, 6.45) is 0.268. The maximum atomic E-state index is 12.2. The number of carbonyl (C=O) groups excluding carboxylic acids is 1. The van der Waals surface area contributed by atoms with Crippen molar-refractivity contribution in [2.75, 3.05) is 19.5 Å². The number of benzene rings is 1. The molecule has 1 aromatic heterocycles. The Morgan fingerprint density at radius 1 is 1.38 bits per heavy atom. The molecular formula is C14H16N2O3S2. The molecule has 2 aromatic rings. The highest BCUT2D eigenvalue weighted by Crippen LogP contribution is 2.29. The molecule has 2 N–H and O–H groups in total. The molecule has 0 unspecified atom stereocenters. The van der Waals surface area contributed by atoms with Gasteiger partial charge in [-0.15, -0.1) is 11.3 Å². The molecule has 1 heterocycles. The second-order valence-electron chi connectivity index (χ2n) is 4.35. The summed E-state index contributed by atoms with van der Waals surface area (Å²) in [6.45, 7) is 1.90. The number of nitrogens with one attached hydrogen (secondary N) is 2. The average Bonchev–Trinajstić information content (AvgIpc) is 2.76. The molecule has 2 rings (SSSR count). The van der Waals surface area contributed by atoms with E-state index < -0.39 is 0 Å². The first kappa shape index (κ1) is 15.5. The smallest absolute Gasteiger partial charge is 0.229 e. The van der Waals surface area contributed by atoms with Crippen molar-refractivity contribution in [1.82, 2.24) is 4.98 Å². The van der Waals surface area contributed by atoms with Crippen molar-refractivity contribution < 1.29 is 14.3 Å². The van der Waals surface area contributed by atoms with E-state index in [1.807, 2.05) is 6.92 Å². The van der Waals surface area contributed by atoms with Crippen LogP contribution in [0.5, 0.6) is 11.5 Å². The number of thiazole rings is 1. The average molecular weight is 324 g/mol. The number of aromatic amines is 1. The third kappa shape index (κ3) is 3.83. The number of H-pyrrole nitrogens is 1. The van der Waals surface area contributed by atoms with Crippen LogP contribution in [0.2, 0.25) is 0 Å². The van der Waals surface area contributed by atoms with Crippen LogP contribution in [0.3, 0.4) is 0 Å². The fourth-order valence-corrected chi connectivity index (χ4v) is 3.15. The standard InChI is InChI=1S/C14H16N2O3S2/c1-8-12(21-14(20)15-8)7-13(17)16-10-6-9(18-2)4-5-11(10)19-3/h4-6H,7H2,1-3H3,(H,15,20)(H,16,17). The van der Waals surface area contributed by atoms with Crippen LogP contribution in [-0.2, 0) is 11.2 Å². The number of amides is 1. The van der Waals surface area contributed by atoms with Crippen molar-refractivity contribution in [3.63, 3.8) is 0 Å². The molecule has 21 heavy (non-hydrogen) atoms. The van der Waals surface area contributed by atoms with Gasteiger partial charge in [0.15, 0.2) is 3.95 Å². The number of ether oxygens (including phenoxy) is 2. The first-order valence-corrected chi connectivity index (χ1v) is 7.46. The Morgan fingerprint density at radius 3 is 2.71 bits per heavy atom. The van der Waals surface area contributed by atoms with Crippen LogP contribution in [-0.4, -0.2) is 25.1 Å². The molecular weight excluding hydrogens is 308 g/mol. The molecule has 1 amide bonds. The molecule has 0 fully saturated rings. The Hall–Kier alpha value is -1.86. The molecule has 0 aliphatic rings. The molecule has 0 radical (unpaired) electrons. The Balaban J connectivity index is 2.15. The van der Waals surface area contributed by atoms with Gasteiger partial charge in [-0.3, -0.25) is 4.79 Å². The van der Waals surface area contributed by atoms with E-state index in [0.29, 0.717) is 21.1 Å². The predicted octanol–water partition coefficient (Wildman–Crippen LogP) is 3.31. The fourth-order valence-electron chi connectivity index (χ4n) is 1.86. The Morgan fingerprint density at radius 2 is 2.14 bits per heavy atom. The van der Waals surface area contributed by atoms with E-state index in [0.717, 1.165) is 10.6 Å². The van der Waals surface area contributed by atoms with Gasteiger partial charge in [0.2, 0.25) is 5.91 Å². The largest absolute Gasteiger partial charge is 0.497 e. The molecule has 0 spiro atoms. The summed E-state index contributed by atoms with van der Waals surface area (Å²) in [7, 11) is 3.13. The zero-order valence-electron chi connectivity index (χ0n) is 12.0. The van der Waals surface area contributed by atoms with Crippen molar-refractivity contribution >= 4 is 35.1 Å². The number of methoxy groups -OCH3 is 2. The summed E-state index contributed by atoms with van der Waals surface area (Å²) in [6, 6.07) is 5.25. The fraction of sp³-hybridized carbons (Fsp3) is 0.286. The predicted molar refractivity (Wildman–Crippen MR) is 86.1 cm³/mol. The molecule has 0 saturated heterocycles. The lowest BCUT2D eigenvalue weighted by atomic mass is 10.2. The zero-order valence-corrected chi connectivity index (χ0v) is 13.6. The van der Waals surface area contributed by atoms with Gasteiger partial charge in [-0.25, -0.2) is 0 Å². The number of aromatic nitrogens is 1. The first-order chi connectivity index (χ1) is 10.0. The quantitative estimate of drug-likeness (QED) is 0.828. The molecule has 0 saturated carbocycles. The van der Waals surface area contributed by atoms with Crippen LogP contribution >= 0.6 is 23.6 Å². The van der Waals surface area contributed by atoms with E-state index >= 15 is 0 Å². The Kier molecular flexibility index (Phi) is 4.98. The lowest BCUT2D eigenvalue weighted by Gasteiger charge is -2.11. The van der Waals surface area contributed by atoms with Gasteiger partial charge in [0.05, 0.1) is 26.3 Å². The van der Waals surface area contributed by atoms with Crippen molar-refractivity contribution in [3.8, 4) is 11.5 Å². The highest BCUT2D eigenvalue weighted by Gasteiger charge is 2.12. The topological polar surface area (TPSA) is 63.4 Å². The van der Waals surface area contributed by atoms with Crippen LogP contribution in [0.1, 0.15) is 10.6 Å². The number of hydrogen-bond acceptors (Lipinski definition) is 5. The minimum Gasteiger partial charge on any atom is -0.497 e. The lowest BCUT2D eigenvalue weighted by Crippen LogP contribution is -2.15. The van der Waals surface area contributed by atoms with Crippen LogP contribution in [0, 0.1) is 10.9 Å². The van der Waals surface area contributed by atoms with Gasteiger partial charge < -0.3 is 19.8 Å². The van der Waals surface area contributed by atoms with Crippen molar-refractivity contribution in [2.24, 2.45) is 0 Å².